The molecule has 0 bridgehead atoms. The second-order valence-electron chi connectivity index (χ2n) is 1.92. The van der Waals surface area contributed by atoms with E-state index in [1.165, 1.54) is 0 Å². The zero-order chi connectivity index (χ0) is 8.41. The summed E-state index contributed by atoms with van der Waals surface area (Å²) >= 11 is 0. The summed E-state index contributed by atoms with van der Waals surface area (Å²) in [5.74, 6) is 0. The first-order chi connectivity index (χ1) is 4.68. The van der Waals surface area contributed by atoms with Crippen molar-refractivity contribution in [1.29, 1.82) is 0 Å². The summed E-state index contributed by atoms with van der Waals surface area (Å²) in [4.78, 5) is 0. The van der Waals surface area contributed by atoms with Gasteiger partial charge in [0.1, 0.15) is 0 Å². The van der Waals surface area contributed by atoms with Crippen molar-refractivity contribution >= 4 is 0 Å². The Morgan fingerprint density at radius 3 is 2.20 bits per heavy atom. The van der Waals surface area contributed by atoms with Crippen molar-refractivity contribution in [3.8, 4) is 0 Å². The van der Waals surface area contributed by atoms with Gasteiger partial charge in [0.2, 0.25) is 0 Å². The van der Waals surface area contributed by atoms with Crippen molar-refractivity contribution in [2.75, 3.05) is 13.2 Å². The van der Waals surface area contributed by atoms with Crippen LogP contribution in [0, 0.1) is 0 Å². The lowest BCUT2D eigenvalue weighted by molar-refractivity contribution is 0.0527. The van der Waals surface area contributed by atoms with Crippen LogP contribution in [0.5, 0.6) is 0 Å². The fourth-order valence-electron chi connectivity index (χ4n) is 0.288. The molecule has 1 atom stereocenters. The van der Waals surface area contributed by atoms with Gasteiger partial charge in [-0.05, 0) is 20.8 Å². The lowest BCUT2D eigenvalue weighted by Gasteiger charge is -2.00. The van der Waals surface area contributed by atoms with E-state index in [1.807, 2.05) is 13.8 Å². The highest BCUT2D eigenvalue weighted by Crippen LogP contribution is 1.79. The van der Waals surface area contributed by atoms with Crippen molar-refractivity contribution in [2.24, 2.45) is 0 Å². The molecule has 0 aliphatic rings. The topological polar surface area (TPSA) is 29.5 Å². The molecule has 0 aromatic heterocycles. The average Bonchev–Trinajstić information content (AvgIpc) is 1.85. The summed E-state index contributed by atoms with van der Waals surface area (Å²) in [7, 11) is 0. The van der Waals surface area contributed by atoms with Gasteiger partial charge < -0.3 is 9.84 Å². The molecule has 0 spiro atoms. The fourth-order valence-corrected chi connectivity index (χ4v) is 0.288. The summed E-state index contributed by atoms with van der Waals surface area (Å²) in [6, 6.07) is 0. The van der Waals surface area contributed by atoms with Gasteiger partial charge in [-0.25, -0.2) is 0 Å². The molecule has 1 N–H and O–H groups in total. The molecule has 0 saturated carbocycles. The van der Waals surface area contributed by atoms with E-state index in [4.69, 9.17) is 9.84 Å². The zero-order valence-corrected chi connectivity index (χ0v) is 7.13. The Kier molecular flexibility index (Phi) is 14.1. The summed E-state index contributed by atoms with van der Waals surface area (Å²) in [5, 5.41) is 8.56. The molecule has 0 aromatic carbocycles. The number of rotatable bonds is 3. The van der Waals surface area contributed by atoms with Crippen molar-refractivity contribution in [2.45, 2.75) is 26.9 Å². The Bertz CT molecular complexity index is 60.3. The van der Waals surface area contributed by atoms with Gasteiger partial charge in [0, 0.05) is 6.61 Å². The first kappa shape index (κ1) is 12.3. The highest BCUT2D eigenvalue weighted by Gasteiger charge is 1.89. The second kappa shape index (κ2) is 11.5. The number of ether oxygens (including phenoxy) is 1. The van der Waals surface area contributed by atoms with Crippen LogP contribution in [0.1, 0.15) is 20.8 Å². The third kappa shape index (κ3) is 25.4. The fraction of sp³-hybridized carbons (Fsp3) is 0.750. The predicted molar refractivity (Wildman–Crippen MR) is 44.0 cm³/mol. The minimum absolute atomic E-state index is 0.319. The highest BCUT2D eigenvalue weighted by molar-refractivity contribution is 4.51. The molecule has 62 valence electrons. The summed E-state index contributed by atoms with van der Waals surface area (Å²) < 4.78 is 4.84. The van der Waals surface area contributed by atoms with Gasteiger partial charge >= 0.3 is 0 Å². The third-order valence-electron chi connectivity index (χ3n) is 0.563. The molecule has 0 heterocycles. The molecule has 1 unspecified atom stereocenters. The van der Waals surface area contributed by atoms with Gasteiger partial charge in [-0.2, -0.15) is 0 Å². The molecule has 2 nitrogen and oxygen atoms in total. The maximum Gasteiger partial charge on any atom is 0.0745 e. The van der Waals surface area contributed by atoms with E-state index < -0.39 is 0 Å². The van der Waals surface area contributed by atoms with Crippen LogP contribution in [0.15, 0.2) is 12.7 Å². The summed E-state index contributed by atoms with van der Waals surface area (Å²) in [6.45, 7) is 10.00. The van der Waals surface area contributed by atoms with E-state index in [0.717, 1.165) is 0 Å². The molecule has 0 fully saturated rings. The van der Waals surface area contributed by atoms with Crippen LogP contribution in [0.2, 0.25) is 0 Å². The number of aliphatic hydroxyl groups is 1. The monoisotopic (exact) mass is 146 g/mol. The molecule has 0 saturated heterocycles. The largest absolute Gasteiger partial charge is 0.391 e. The minimum atomic E-state index is -0.319. The molecule has 0 aromatic rings. The lowest BCUT2D eigenvalue weighted by Crippen LogP contribution is -2.09. The smallest absolute Gasteiger partial charge is 0.0745 e. The zero-order valence-electron chi connectivity index (χ0n) is 7.13. The minimum Gasteiger partial charge on any atom is -0.391 e. The van der Waals surface area contributed by atoms with Crippen LogP contribution in [-0.2, 0) is 4.74 Å². The van der Waals surface area contributed by atoms with Crippen LogP contribution >= 0.6 is 0 Å². The van der Waals surface area contributed by atoms with Gasteiger partial charge in [-0.15, -0.1) is 6.58 Å². The van der Waals surface area contributed by atoms with E-state index in [0.29, 0.717) is 13.2 Å². The van der Waals surface area contributed by atoms with Crippen LogP contribution in [-0.4, -0.2) is 24.4 Å². The molecular weight excluding hydrogens is 128 g/mol. The second-order valence-corrected chi connectivity index (χ2v) is 1.92. The number of allylic oxidation sites excluding steroid dienone is 1. The van der Waals surface area contributed by atoms with Crippen molar-refractivity contribution in [1.82, 2.24) is 0 Å². The maximum atomic E-state index is 8.56. The number of hydrogen-bond donors (Lipinski definition) is 1. The van der Waals surface area contributed by atoms with Gasteiger partial charge in [0.15, 0.2) is 0 Å². The van der Waals surface area contributed by atoms with E-state index >= 15 is 0 Å². The molecule has 2 heteroatoms. The van der Waals surface area contributed by atoms with E-state index in [9.17, 15) is 0 Å². The first-order valence-corrected chi connectivity index (χ1v) is 3.51. The normalized spacial score (nSPS) is 11.2. The SMILES string of the molecule is C=CC.CCOCC(C)O. The molecule has 0 aliphatic heterocycles. The average molecular weight is 146 g/mol. The van der Waals surface area contributed by atoms with Crippen molar-refractivity contribution < 1.29 is 9.84 Å². The molecule has 0 rings (SSSR count). The Balaban J connectivity index is 0. The highest BCUT2D eigenvalue weighted by atomic mass is 16.5. The Hall–Kier alpha value is -0.340. The van der Waals surface area contributed by atoms with Crippen LogP contribution in [0.25, 0.3) is 0 Å². The number of hydrogen-bond acceptors (Lipinski definition) is 2. The number of aliphatic hydroxyl groups excluding tert-OH is 1. The lowest BCUT2D eigenvalue weighted by atomic mass is 10.4. The van der Waals surface area contributed by atoms with Gasteiger partial charge in [0.25, 0.3) is 0 Å². The summed E-state index contributed by atoms with van der Waals surface area (Å²) in [5.41, 5.74) is 0. The standard InChI is InChI=1S/C5H12O2.C3H6/c1-3-7-4-5(2)6;1-3-2/h5-6H,3-4H2,1-2H3;3H,1H2,2H3. The van der Waals surface area contributed by atoms with Crippen LogP contribution < -0.4 is 0 Å². The molecule has 0 radical (unpaired) electrons. The first-order valence-electron chi connectivity index (χ1n) is 3.51. The van der Waals surface area contributed by atoms with Gasteiger partial charge in [-0.3, -0.25) is 0 Å². The van der Waals surface area contributed by atoms with Crippen LogP contribution in [0.3, 0.4) is 0 Å². The van der Waals surface area contributed by atoms with Crippen molar-refractivity contribution in [3.05, 3.63) is 12.7 Å². The maximum absolute atomic E-state index is 8.56. The quantitative estimate of drug-likeness (QED) is 0.613. The van der Waals surface area contributed by atoms with Gasteiger partial charge in [-0.1, -0.05) is 6.08 Å². The Morgan fingerprint density at radius 2 is 2.10 bits per heavy atom. The van der Waals surface area contributed by atoms with E-state index in [-0.39, 0.29) is 6.10 Å². The van der Waals surface area contributed by atoms with E-state index in [2.05, 4.69) is 6.58 Å². The summed E-state index contributed by atoms with van der Waals surface area (Å²) in [6.07, 6.45) is 1.43. The van der Waals surface area contributed by atoms with E-state index in [1.54, 1.807) is 13.0 Å². The Morgan fingerprint density at radius 1 is 1.70 bits per heavy atom. The molecule has 0 aliphatic carbocycles. The third-order valence-corrected chi connectivity index (χ3v) is 0.563. The molecule has 10 heavy (non-hydrogen) atoms. The molecule has 0 amide bonds. The predicted octanol–water partition coefficient (Wildman–Crippen LogP) is 1.60. The van der Waals surface area contributed by atoms with Crippen molar-refractivity contribution in [3.63, 3.8) is 0 Å². The molecular formula is C8H18O2. The Labute approximate surface area is 63.5 Å². The van der Waals surface area contributed by atoms with Gasteiger partial charge in [0.05, 0.1) is 12.7 Å². The van der Waals surface area contributed by atoms with Crippen LogP contribution in [0.4, 0.5) is 0 Å².